The van der Waals surface area contributed by atoms with Crippen molar-refractivity contribution < 1.29 is 23.9 Å². The highest BCUT2D eigenvalue weighted by atomic mass is 16.5. The lowest BCUT2D eigenvalue weighted by Gasteiger charge is -2.31. The van der Waals surface area contributed by atoms with Crippen LogP contribution in [0.15, 0.2) is 24.3 Å². The molecule has 29 heavy (non-hydrogen) atoms. The maximum Gasteiger partial charge on any atom is 0.329 e. The van der Waals surface area contributed by atoms with E-state index in [1.165, 1.54) is 0 Å². The molecule has 2 rings (SSSR count). The van der Waals surface area contributed by atoms with Gasteiger partial charge in [0, 0.05) is 18.7 Å². The molecule has 0 aromatic heterocycles. The van der Waals surface area contributed by atoms with Gasteiger partial charge in [0.05, 0.1) is 6.61 Å². The van der Waals surface area contributed by atoms with Gasteiger partial charge in [-0.15, -0.1) is 0 Å². The van der Waals surface area contributed by atoms with E-state index in [-0.39, 0.29) is 24.3 Å². The van der Waals surface area contributed by atoms with E-state index in [0.717, 1.165) is 12.8 Å². The standard InChI is InChI=1S/C22H32N2O5/c1-5-28-18-10-8-17(9-11-18)21(26)23-20(15(2)3)22(27)29-14-19(25)24-12-6-7-16(4)13-24/h8-11,15-16,20H,5-7,12-14H2,1-4H3,(H,23,26)/t16?,20-/m0/s1. The minimum absolute atomic E-state index is 0.181. The van der Waals surface area contributed by atoms with Crippen LogP contribution in [0.2, 0.25) is 0 Å². The largest absolute Gasteiger partial charge is 0.494 e. The van der Waals surface area contributed by atoms with Crippen LogP contribution in [0.25, 0.3) is 0 Å². The number of esters is 1. The summed E-state index contributed by atoms with van der Waals surface area (Å²) in [4.78, 5) is 39.1. The Morgan fingerprint density at radius 2 is 1.90 bits per heavy atom. The third-order valence-corrected chi connectivity index (χ3v) is 4.98. The number of benzene rings is 1. The SMILES string of the molecule is CCOc1ccc(C(=O)N[C@H](C(=O)OCC(=O)N2CCCC(C)C2)C(C)C)cc1. The zero-order chi connectivity index (χ0) is 21.4. The highest BCUT2D eigenvalue weighted by molar-refractivity contribution is 5.97. The summed E-state index contributed by atoms with van der Waals surface area (Å²) >= 11 is 0. The van der Waals surface area contributed by atoms with Crippen LogP contribution in [0.1, 0.15) is 50.9 Å². The van der Waals surface area contributed by atoms with Crippen LogP contribution in [0.3, 0.4) is 0 Å². The molecule has 7 nitrogen and oxygen atoms in total. The highest BCUT2D eigenvalue weighted by Crippen LogP contribution is 2.16. The van der Waals surface area contributed by atoms with Crippen molar-refractivity contribution in [2.75, 3.05) is 26.3 Å². The van der Waals surface area contributed by atoms with Crippen molar-refractivity contribution >= 4 is 17.8 Å². The smallest absolute Gasteiger partial charge is 0.329 e. The Hall–Kier alpha value is -2.57. The van der Waals surface area contributed by atoms with Gasteiger partial charge in [-0.2, -0.15) is 0 Å². The number of nitrogens with one attached hydrogen (secondary N) is 1. The topological polar surface area (TPSA) is 84.9 Å². The van der Waals surface area contributed by atoms with Gasteiger partial charge in [-0.1, -0.05) is 20.8 Å². The number of carbonyl (C=O) groups is 3. The Kier molecular flexibility index (Phi) is 8.49. The molecule has 7 heteroatoms. The third-order valence-electron chi connectivity index (χ3n) is 4.98. The predicted octanol–water partition coefficient (Wildman–Crippen LogP) is 2.64. The highest BCUT2D eigenvalue weighted by Gasteiger charge is 2.28. The maximum absolute atomic E-state index is 12.5. The average molecular weight is 405 g/mol. The van der Waals surface area contributed by atoms with Crippen LogP contribution in [-0.4, -0.2) is 55.0 Å². The van der Waals surface area contributed by atoms with E-state index in [2.05, 4.69) is 12.2 Å². The van der Waals surface area contributed by atoms with Crippen molar-refractivity contribution in [2.45, 2.75) is 46.6 Å². The molecule has 1 aliphatic heterocycles. The molecular weight excluding hydrogens is 372 g/mol. The van der Waals surface area contributed by atoms with E-state index < -0.39 is 12.0 Å². The second-order valence-electron chi connectivity index (χ2n) is 7.85. The molecule has 2 amide bonds. The van der Waals surface area contributed by atoms with E-state index in [9.17, 15) is 14.4 Å². The van der Waals surface area contributed by atoms with Gasteiger partial charge in [0.1, 0.15) is 11.8 Å². The minimum atomic E-state index is -0.831. The summed E-state index contributed by atoms with van der Waals surface area (Å²) in [6.07, 6.45) is 2.07. The number of hydrogen-bond donors (Lipinski definition) is 1. The molecule has 1 aromatic carbocycles. The lowest BCUT2D eigenvalue weighted by molar-refractivity contribution is -0.155. The molecule has 0 saturated carbocycles. The third kappa shape index (κ3) is 6.76. The van der Waals surface area contributed by atoms with Crippen LogP contribution < -0.4 is 10.1 Å². The summed E-state index contributed by atoms with van der Waals surface area (Å²) in [5.74, 6) is -0.211. The van der Waals surface area contributed by atoms with Gasteiger partial charge in [0.25, 0.3) is 11.8 Å². The van der Waals surface area contributed by atoms with Crippen molar-refractivity contribution in [2.24, 2.45) is 11.8 Å². The molecule has 160 valence electrons. The van der Waals surface area contributed by atoms with Gasteiger partial charge >= 0.3 is 5.97 Å². The molecule has 0 spiro atoms. The number of carbonyl (C=O) groups excluding carboxylic acids is 3. The fourth-order valence-corrected chi connectivity index (χ4v) is 3.32. The molecule has 1 N–H and O–H groups in total. The summed E-state index contributed by atoms with van der Waals surface area (Å²) < 4.78 is 10.6. The summed E-state index contributed by atoms with van der Waals surface area (Å²) in [6.45, 7) is 9.26. The first-order chi connectivity index (χ1) is 13.8. The first kappa shape index (κ1) is 22.7. The number of rotatable bonds is 8. The van der Waals surface area contributed by atoms with Gasteiger partial charge in [0.15, 0.2) is 6.61 Å². The maximum atomic E-state index is 12.5. The predicted molar refractivity (Wildman–Crippen MR) is 110 cm³/mol. The molecule has 1 aliphatic rings. The molecule has 1 saturated heterocycles. The van der Waals surface area contributed by atoms with Crippen LogP contribution in [0.5, 0.6) is 5.75 Å². The van der Waals surface area contributed by atoms with Gasteiger partial charge in [-0.25, -0.2) is 4.79 Å². The number of amides is 2. The molecule has 0 radical (unpaired) electrons. The quantitative estimate of drug-likeness (QED) is 0.674. The summed E-state index contributed by atoms with van der Waals surface area (Å²) in [5.41, 5.74) is 0.422. The Morgan fingerprint density at radius 1 is 1.21 bits per heavy atom. The molecule has 1 unspecified atom stereocenters. The molecule has 1 fully saturated rings. The summed E-state index contributed by atoms with van der Waals surface area (Å²) in [7, 11) is 0. The van der Waals surface area contributed by atoms with Crippen molar-refractivity contribution in [1.29, 1.82) is 0 Å². The molecule has 1 aromatic rings. The number of hydrogen-bond acceptors (Lipinski definition) is 5. The minimum Gasteiger partial charge on any atom is -0.494 e. The van der Waals surface area contributed by atoms with E-state index in [0.29, 0.717) is 36.9 Å². The van der Waals surface area contributed by atoms with Gasteiger partial charge in [0.2, 0.25) is 0 Å². The first-order valence-electron chi connectivity index (χ1n) is 10.3. The molecular formula is C22H32N2O5. The molecule has 0 bridgehead atoms. The van der Waals surface area contributed by atoms with Crippen molar-refractivity contribution in [3.63, 3.8) is 0 Å². The van der Waals surface area contributed by atoms with Crippen LogP contribution >= 0.6 is 0 Å². The monoisotopic (exact) mass is 404 g/mol. The Balaban J connectivity index is 1.91. The van der Waals surface area contributed by atoms with E-state index in [4.69, 9.17) is 9.47 Å². The second kappa shape index (κ2) is 10.8. The van der Waals surface area contributed by atoms with E-state index >= 15 is 0 Å². The number of likely N-dealkylation sites (tertiary alicyclic amines) is 1. The Bertz CT molecular complexity index is 702. The fraction of sp³-hybridized carbons (Fsp3) is 0.591. The van der Waals surface area contributed by atoms with Crippen LogP contribution in [0, 0.1) is 11.8 Å². The summed E-state index contributed by atoms with van der Waals surface area (Å²) in [5, 5.41) is 2.72. The van der Waals surface area contributed by atoms with Crippen molar-refractivity contribution in [3.8, 4) is 5.75 Å². The number of nitrogens with zero attached hydrogens (tertiary/aromatic N) is 1. The van der Waals surface area contributed by atoms with Crippen LogP contribution in [0.4, 0.5) is 0 Å². The summed E-state index contributed by atoms with van der Waals surface area (Å²) in [6, 6.07) is 5.87. The lowest BCUT2D eigenvalue weighted by atomic mass is 10.0. The zero-order valence-corrected chi connectivity index (χ0v) is 17.8. The first-order valence-corrected chi connectivity index (χ1v) is 10.3. The molecule has 2 atom stereocenters. The van der Waals surface area contributed by atoms with E-state index in [1.54, 1.807) is 29.2 Å². The lowest BCUT2D eigenvalue weighted by Crippen LogP contribution is -2.47. The van der Waals surface area contributed by atoms with Crippen molar-refractivity contribution in [3.05, 3.63) is 29.8 Å². The average Bonchev–Trinajstić information content (AvgIpc) is 2.70. The van der Waals surface area contributed by atoms with Gasteiger partial charge in [-0.3, -0.25) is 9.59 Å². The molecule has 0 aliphatic carbocycles. The molecule has 1 heterocycles. The number of ether oxygens (including phenoxy) is 2. The van der Waals surface area contributed by atoms with Crippen LogP contribution in [-0.2, 0) is 14.3 Å². The van der Waals surface area contributed by atoms with Crippen molar-refractivity contribution in [1.82, 2.24) is 10.2 Å². The fourth-order valence-electron chi connectivity index (χ4n) is 3.32. The van der Waals surface area contributed by atoms with E-state index in [1.807, 2.05) is 20.8 Å². The zero-order valence-electron chi connectivity index (χ0n) is 17.8. The van der Waals surface area contributed by atoms with Gasteiger partial charge < -0.3 is 19.7 Å². The van der Waals surface area contributed by atoms with Gasteiger partial charge in [-0.05, 0) is 55.9 Å². The number of piperidine rings is 1. The second-order valence-corrected chi connectivity index (χ2v) is 7.85. The Morgan fingerprint density at radius 3 is 2.48 bits per heavy atom. The Labute approximate surface area is 172 Å². The normalized spacial score (nSPS) is 17.6.